The molecule has 0 radical (unpaired) electrons. The second-order valence-electron chi connectivity index (χ2n) is 6.15. The zero-order valence-electron chi connectivity index (χ0n) is 12.5. The van der Waals surface area contributed by atoms with Gasteiger partial charge in [0.15, 0.2) is 0 Å². The molecule has 0 amide bonds. The van der Waals surface area contributed by atoms with Crippen LogP contribution in [0.3, 0.4) is 0 Å². The third-order valence-electron chi connectivity index (χ3n) is 3.36. The van der Waals surface area contributed by atoms with E-state index in [2.05, 4.69) is 47.9 Å². The highest BCUT2D eigenvalue weighted by atomic mass is 16.5. The molecule has 1 saturated heterocycles. The Morgan fingerprint density at radius 3 is 3.00 bits per heavy atom. The first-order valence-corrected chi connectivity index (χ1v) is 7.10. The molecule has 0 saturated carbocycles. The third-order valence-corrected chi connectivity index (χ3v) is 3.36. The summed E-state index contributed by atoms with van der Waals surface area (Å²) in [5, 5.41) is 3.45. The Hall–Kier alpha value is -0.910. The van der Waals surface area contributed by atoms with Crippen LogP contribution in [0, 0.1) is 0 Å². The topological polar surface area (TPSA) is 53.2 Å². The van der Waals surface area contributed by atoms with Gasteiger partial charge in [0.05, 0.1) is 6.61 Å². The zero-order chi connectivity index (χ0) is 13.9. The summed E-state index contributed by atoms with van der Waals surface area (Å²) in [6.07, 6.45) is 1.99. The van der Waals surface area contributed by atoms with Crippen LogP contribution in [0.1, 0.15) is 45.3 Å². The van der Waals surface area contributed by atoms with Gasteiger partial charge in [-0.25, -0.2) is 4.98 Å². The highest BCUT2D eigenvalue weighted by molar-refractivity contribution is 5.05. The van der Waals surface area contributed by atoms with Gasteiger partial charge in [-0.2, -0.15) is 0 Å². The SMILES string of the molecule is CCN1CCOC(c2ncc(CNC(C)(C)C)[nH]2)C1. The summed E-state index contributed by atoms with van der Waals surface area (Å²) in [5.74, 6) is 0.948. The largest absolute Gasteiger partial charge is 0.368 e. The molecule has 5 heteroatoms. The standard InChI is InChI=1S/C14H26N4O/c1-5-18-6-7-19-12(10-18)13-15-8-11(17-13)9-16-14(2,3)4/h8,12,16H,5-7,9-10H2,1-4H3,(H,15,17). The Bertz CT molecular complexity index is 396. The molecule has 0 spiro atoms. The van der Waals surface area contributed by atoms with Crippen LogP contribution in [0.5, 0.6) is 0 Å². The lowest BCUT2D eigenvalue weighted by atomic mass is 10.1. The molecule has 5 nitrogen and oxygen atoms in total. The lowest BCUT2D eigenvalue weighted by molar-refractivity contribution is -0.0322. The first-order chi connectivity index (χ1) is 8.98. The molecule has 2 heterocycles. The molecular weight excluding hydrogens is 240 g/mol. The Labute approximate surface area is 115 Å². The van der Waals surface area contributed by atoms with Gasteiger partial charge in [-0.05, 0) is 27.3 Å². The fraction of sp³-hybridized carbons (Fsp3) is 0.786. The van der Waals surface area contributed by atoms with E-state index in [1.165, 1.54) is 0 Å². The van der Waals surface area contributed by atoms with Gasteiger partial charge >= 0.3 is 0 Å². The van der Waals surface area contributed by atoms with Crippen molar-refractivity contribution >= 4 is 0 Å². The van der Waals surface area contributed by atoms with E-state index in [1.807, 2.05) is 6.20 Å². The van der Waals surface area contributed by atoms with Crippen molar-refractivity contribution in [2.45, 2.75) is 45.9 Å². The molecular formula is C14H26N4O. The van der Waals surface area contributed by atoms with Crippen molar-refractivity contribution in [3.63, 3.8) is 0 Å². The molecule has 2 rings (SSSR count). The Morgan fingerprint density at radius 1 is 1.53 bits per heavy atom. The fourth-order valence-corrected chi connectivity index (χ4v) is 2.15. The molecule has 1 atom stereocenters. The minimum Gasteiger partial charge on any atom is -0.368 e. The molecule has 1 fully saturated rings. The van der Waals surface area contributed by atoms with Crippen LogP contribution in [-0.2, 0) is 11.3 Å². The minimum absolute atomic E-state index is 0.0806. The van der Waals surface area contributed by atoms with Crippen LogP contribution in [0.4, 0.5) is 0 Å². The van der Waals surface area contributed by atoms with E-state index in [9.17, 15) is 0 Å². The zero-order valence-corrected chi connectivity index (χ0v) is 12.5. The molecule has 108 valence electrons. The molecule has 1 aliphatic rings. The number of nitrogens with zero attached hydrogens (tertiary/aromatic N) is 2. The first-order valence-electron chi connectivity index (χ1n) is 7.10. The fourth-order valence-electron chi connectivity index (χ4n) is 2.15. The van der Waals surface area contributed by atoms with Gasteiger partial charge in [-0.15, -0.1) is 0 Å². The lowest BCUT2D eigenvalue weighted by Crippen LogP contribution is -2.38. The molecule has 0 aromatic carbocycles. The monoisotopic (exact) mass is 266 g/mol. The van der Waals surface area contributed by atoms with Crippen LogP contribution < -0.4 is 5.32 Å². The van der Waals surface area contributed by atoms with E-state index in [0.717, 1.165) is 44.3 Å². The van der Waals surface area contributed by atoms with Gasteiger partial charge in [0.2, 0.25) is 0 Å². The van der Waals surface area contributed by atoms with Gasteiger partial charge in [0.25, 0.3) is 0 Å². The Balaban J connectivity index is 1.93. The third kappa shape index (κ3) is 4.30. The van der Waals surface area contributed by atoms with Gasteiger partial charge in [-0.1, -0.05) is 6.92 Å². The van der Waals surface area contributed by atoms with E-state index in [1.54, 1.807) is 0 Å². The summed E-state index contributed by atoms with van der Waals surface area (Å²) in [7, 11) is 0. The van der Waals surface area contributed by atoms with Crippen LogP contribution in [0.25, 0.3) is 0 Å². The Morgan fingerprint density at radius 2 is 2.32 bits per heavy atom. The highest BCUT2D eigenvalue weighted by Crippen LogP contribution is 2.19. The van der Waals surface area contributed by atoms with E-state index >= 15 is 0 Å². The number of likely N-dealkylation sites (N-methyl/N-ethyl adjacent to an activating group) is 1. The number of ether oxygens (including phenoxy) is 1. The van der Waals surface area contributed by atoms with Gasteiger partial charge < -0.3 is 15.0 Å². The van der Waals surface area contributed by atoms with Crippen molar-refractivity contribution in [2.24, 2.45) is 0 Å². The van der Waals surface area contributed by atoms with E-state index < -0.39 is 0 Å². The number of aromatic amines is 1. The van der Waals surface area contributed by atoms with E-state index in [0.29, 0.717) is 0 Å². The Kier molecular flexibility index (Phi) is 4.60. The summed E-state index contributed by atoms with van der Waals surface area (Å²) in [4.78, 5) is 10.2. The molecule has 0 aliphatic carbocycles. The number of morpholine rings is 1. The average molecular weight is 266 g/mol. The van der Waals surface area contributed by atoms with Crippen LogP contribution >= 0.6 is 0 Å². The van der Waals surface area contributed by atoms with Crippen LogP contribution in [-0.4, -0.2) is 46.6 Å². The number of nitrogens with one attached hydrogen (secondary N) is 2. The summed E-state index contributed by atoms with van der Waals surface area (Å²) in [6, 6.07) is 0. The van der Waals surface area contributed by atoms with Crippen LogP contribution in [0.2, 0.25) is 0 Å². The molecule has 2 N–H and O–H groups in total. The maximum absolute atomic E-state index is 5.80. The van der Waals surface area contributed by atoms with Crippen molar-refractivity contribution < 1.29 is 4.74 Å². The molecule has 1 aliphatic heterocycles. The minimum atomic E-state index is 0.0806. The number of aromatic nitrogens is 2. The van der Waals surface area contributed by atoms with Crippen molar-refractivity contribution in [1.29, 1.82) is 0 Å². The molecule has 1 aromatic rings. The molecule has 19 heavy (non-hydrogen) atoms. The molecule has 1 aromatic heterocycles. The van der Waals surface area contributed by atoms with Crippen molar-refractivity contribution in [3.05, 3.63) is 17.7 Å². The van der Waals surface area contributed by atoms with E-state index in [4.69, 9.17) is 4.74 Å². The normalized spacial score (nSPS) is 21.8. The predicted octanol–water partition coefficient (Wildman–Crippen LogP) is 1.69. The predicted molar refractivity (Wildman–Crippen MR) is 76.0 cm³/mol. The maximum atomic E-state index is 5.80. The molecule has 1 unspecified atom stereocenters. The number of imidazole rings is 1. The lowest BCUT2D eigenvalue weighted by Gasteiger charge is -2.30. The van der Waals surface area contributed by atoms with E-state index in [-0.39, 0.29) is 11.6 Å². The van der Waals surface area contributed by atoms with Gasteiger partial charge in [0.1, 0.15) is 11.9 Å². The van der Waals surface area contributed by atoms with Crippen LogP contribution in [0.15, 0.2) is 6.20 Å². The summed E-state index contributed by atoms with van der Waals surface area (Å²) < 4.78 is 5.80. The average Bonchev–Trinajstić information content (AvgIpc) is 2.84. The maximum Gasteiger partial charge on any atom is 0.136 e. The number of rotatable bonds is 4. The van der Waals surface area contributed by atoms with Gasteiger partial charge in [0, 0.05) is 37.1 Å². The number of hydrogen-bond acceptors (Lipinski definition) is 4. The quantitative estimate of drug-likeness (QED) is 0.871. The van der Waals surface area contributed by atoms with Gasteiger partial charge in [-0.3, -0.25) is 4.90 Å². The van der Waals surface area contributed by atoms with Crippen molar-refractivity contribution in [2.75, 3.05) is 26.2 Å². The number of H-pyrrole nitrogens is 1. The summed E-state index contributed by atoms with van der Waals surface area (Å²) in [5.41, 5.74) is 1.23. The van der Waals surface area contributed by atoms with Crippen molar-refractivity contribution in [1.82, 2.24) is 20.2 Å². The summed E-state index contributed by atoms with van der Waals surface area (Å²) >= 11 is 0. The summed E-state index contributed by atoms with van der Waals surface area (Å²) in [6.45, 7) is 13.3. The molecule has 0 bridgehead atoms. The number of hydrogen-bond donors (Lipinski definition) is 2. The highest BCUT2D eigenvalue weighted by Gasteiger charge is 2.23. The second-order valence-corrected chi connectivity index (χ2v) is 6.15. The smallest absolute Gasteiger partial charge is 0.136 e. The second kappa shape index (κ2) is 6.03. The van der Waals surface area contributed by atoms with Crippen molar-refractivity contribution in [3.8, 4) is 0 Å². The first kappa shape index (κ1) is 14.5.